The summed E-state index contributed by atoms with van der Waals surface area (Å²) < 4.78 is 19.7. The Kier molecular flexibility index (Phi) is 8.79. The molecule has 1 aromatic carbocycles. The summed E-state index contributed by atoms with van der Waals surface area (Å²) >= 11 is 1.31. The number of carbonyl (C=O) groups is 3. The Morgan fingerprint density at radius 1 is 1.15 bits per heavy atom. The molecule has 1 saturated heterocycles. The molecule has 1 aliphatic carbocycles. The lowest BCUT2D eigenvalue weighted by Crippen LogP contribution is -2.36. The lowest BCUT2D eigenvalue weighted by atomic mass is 10.0. The van der Waals surface area contributed by atoms with Gasteiger partial charge in [0, 0.05) is 48.9 Å². The number of aryl methyl sites for hydroxylation is 1. The van der Waals surface area contributed by atoms with Crippen LogP contribution in [0.4, 0.5) is 9.52 Å². The third-order valence-electron chi connectivity index (χ3n) is 5.23. The van der Waals surface area contributed by atoms with E-state index in [0.717, 1.165) is 37.5 Å². The highest BCUT2D eigenvalue weighted by Crippen LogP contribution is 2.43. The second kappa shape index (κ2) is 11.8. The fourth-order valence-corrected chi connectivity index (χ4v) is 4.10. The van der Waals surface area contributed by atoms with Crippen LogP contribution in [0.1, 0.15) is 46.1 Å². The van der Waals surface area contributed by atoms with Gasteiger partial charge in [0.15, 0.2) is 0 Å². The van der Waals surface area contributed by atoms with Crippen molar-refractivity contribution in [3.63, 3.8) is 0 Å². The fourth-order valence-electron chi connectivity index (χ4n) is 3.52. The first-order valence-corrected chi connectivity index (χ1v) is 11.4. The van der Waals surface area contributed by atoms with Gasteiger partial charge in [0.2, 0.25) is 5.13 Å². The fraction of sp³-hybridized carbons (Fsp3) is 0.409. The molecule has 2 aliphatic rings. The molecule has 12 heteroatoms. The van der Waals surface area contributed by atoms with E-state index < -0.39 is 11.9 Å². The Morgan fingerprint density at radius 3 is 2.41 bits per heavy atom. The summed E-state index contributed by atoms with van der Waals surface area (Å²) in [7, 11) is 0. The average molecular weight is 493 g/mol. The van der Waals surface area contributed by atoms with Gasteiger partial charge in [-0.15, -0.1) is 10.2 Å². The van der Waals surface area contributed by atoms with Crippen molar-refractivity contribution in [1.82, 2.24) is 15.5 Å². The van der Waals surface area contributed by atoms with E-state index >= 15 is 0 Å². The van der Waals surface area contributed by atoms with E-state index in [9.17, 15) is 18.8 Å². The molecular formula is C22H25FN4O6S. The van der Waals surface area contributed by atoms with Gasteiger partial charge >= 0.3 is 11.9 Å². The van der Waals surface area contributed by atoms with E-state index in [1.165, 1.54) is 23.5 Å². The van der Waals surface area contributed by atoms with Crippen molar-refractivity contribution in [3.05, 3.63) is 52.3 Å². The van der Waals surface area contributed by atoms with Crippen LogP contribution in [0.2, 0.25) is 0 Å². The van der Waals surface area contributed by atoms with Crippen LogP contribution in [0.5, 0.6) is 0 Å². The highest BCUT2D eigenvalue weighted by molar-refractivity contribution is 7.15. The number of anilines is 1. The Balaban J connectivity index is 0.000000350. The Bertz CT molecular complexity index is 1050. The second-order valence-electron chi connectivity index (χ2n) is 7.83. The molecule has 0 radical (unpaired) electrons. The SMILES string of the molecule is Cc1nnc(NC(=O)c2ccc(F)c(C3CC3NC3CCOCC3)c2)s1.O=C(O)/C=C/C(=O)O. The van der Waals surface area contributed by atoms with Crippen LogP contribution in [0.15, 0.2) is 30.4 Å². The van der Waals surface area contributed by atoms with E-state index in [1.54, 1.807) is 6.07 Å². The van der Waals surface area contributed by atoms with Gasteiger partial charge in [-0.1, -0.05) is 11.3 Å². The van der Waals surface area contributed by atoms with Crippen LogP contribution < -0.4 is 10.6 Å². The van der Waals surface area contributed by atoms with Crippen LogP contribution in [0, 0.1) is 12.7 Å². The molecule has 2 unspecified atom stereocenters. The standard InChI is InChI=1S/C18H21FN4O2S.C4H4O4/c1-10-22-23-18(26-10)21-17(24)11-2-3-15(19)13(8-11)14-9-16(14)20-12-4-6-25-7-5-12;5-3(6)1-2-4(7)8/h2-3,8,12,14,16,20H,4-7,9H2,1H3,(H,21,23,24);1-2H,(H,5,6)(H,7,8)/b;2-1+. The minimum Gasteiger partial charge on any atom is -0.478 e. The van der Waals surface area contributed by atoms with Crippen molar-refractivity contribution in [2.75, 3.05) is 18.5 Å². The Labute approximate surface area is 198 Å². The molecule has 1 aliphatic heterocycles. The molecule has 4 rings (SSSR count). The number of hydrogen-bond acceptors (Lipinski definition) is 8. The number of nitrogens with zero attached hydrogens (tertiary/aromatic N) is 2. The quantitative estimate of drug-likeness (QED) is 0.428. The van der Waals surface area contributed by atoms with E-state index in [4.69, 9.17) is 14.9 Å². The molecule has 1 amide bonds. The van der Waals surface area contributed by atoms with Crippen LogP contribution in [0.3, 0.4) is 0 Å². The van der Waals surface area contributed by atoms with Gasteiger partial charge in [0.1, 0.15) is 10.8 Å². The number of halogens is 1. The summed E-state index contributed by atoms with van der Waals surface area (Å²) in [6.07, 6.45) is 4.00. The van der Waals surface area contributed by atoms with E-state index in [2.05, 4.69) is 20.8 Å². The molecule has 2 aromatic rings. The maximum Gasteiger partial charge on any atom is 0.328 e. The second-order valence-corrected chi connectivity index (χ2v) is 9.01. The number of aliphatic carboxylic acids is 2. The van der Waals surface area contributed by atoms with E-state index in [1.807, 2.05) is 6.92 Å². The molecule has 0 bridgehead atoms. The number of ether oxygens (including phenoxy) is 1. The van der Waals surface area contributed by atoms with Crippen molar-refractivity contribution in [3.8, 4) is 0 Å². The van der Waals surface area contributed by atoms with Gasteiger partial charge in [-0.2, -0.15) is 0 Å². The highest BCUT2D eigenvalue weighted by Gasteiger charge is 2.41. The Hall–Kier alpha value is -3.22. The van der Waals surface area contributed by atoms with Gasteiger partial charge in [-0.05, 0) is 49.9 Å². The van der Waals surface area contributed by atoms with Gasteiger partial charge in [0.25, 0.3) is 5.91 Å². The maximum atomic E-state index is 14.3. The molecule has 2 atom stereocenters. The van der Waals surface area contributed by atoms with Crippen molar-refractivity contribution < 1.29 is 33.7 Å². The predicted octanol–water partition coefficient (Wildman–Crippen LogP) is 2.57. The molecule has 182 valence electrons. The summed E-state index contributed by atoms with van der Waals surface area (Å²) in [5, 5.41) is 30.9. The van der Waals surface area contributed by atoms with Gasteiger partial charge in [-0.3, -0.25) is 10.1 Å². The summed E-state index contributed by atoms with van der Waals surface area (Å²) in [5.74, 6) is -2.94. The molecule has 1 saturated carbocycles. The first kappa shape index (κ1) is 25.4. The molecular weight excluding hydrogens is 467 g/mol. The normalized spacial score (nSPS) is 19.8. The first-order chi connectivity index (χ1) is 16.2. The highest BCUT2D eigenvalue weighted by atomic mass is 32.1. The summed E-state index contributed by atoms with van der Waals surface area (Å²) in [4.78, 5) is 31.5. The molecule has 10 nitrogen and oxygen atoms in total. The van der Waals surface area contributed by atoms with Gasteiger partial charge in [0.05, 0.1) is 0 Å². The zero-order chi connectivity index (χ0) is 24.7. The number of benzene rings is 1. The maximum absolute atomic E-state index is 14.3. The smallest absolute Gasteiger partial charge is 0.328 e. The van der Waals surface area contributed by atoms with E-state index in [-0.39, 0.29) is 23.7 Å². The summed E-state index contributed by atoms with van der Waals surface area (Å²) in [6, 6.07) is 5.25. The van der Waals surface area contributed by atoms with Crippen LogP contribution in [0.25, 0.3) is 0 Å². The lowest BCUT2D eigenvalue weighted by molar-refractivity contribution is -0.134. The van der Waals surface area contributed by atoms with Crippen molar-refractivity contribution in [1.29, 1.82) is 0 Å². The zero-order valence-electron chi connectivity index (χ0n) is 18.4. The van der Waals surface area contributed by atoms with Crippen molar-refractivity contribution >= 4 is 34.3 Å². The van der Waals surface area contributed by atoms with Crippen LogP contribution >= 0.6 is 11.3 Å². The minimum atomic E-state index is -1.26. The number of aromatic nitrogens is 2. The number of amides is 1. The summed E-state index contributed by atoms with van der Waals surface area (Å²) in [5.41, 5.74) is 1.04. The number of carbonyl (C=O) groups excluding carboxylic acids is 1. The van der Waals surface area contributed by atoms with Crippen LogP contribution in [-0.2, 0) is 14.3 Å². The average Bonchev–Trinajstić information content (AvgIpc) is 3.43. The van der Waals surface area contributed by atoms with Crippen LogP contribution in [-0.4, -0.2) is 63.6 Å². The number of hydrogen-bond donors (Lipinski definition) is 4. The number of rotatable bonds is 7. The predicted molar refractivity (Wildman–Crippen MR) is 122 cm³/mol. The molecule has 1 aromatic heterocycles. The van der Waals surface area contributed by atoms with Crippen molar-refractivity contribution in [2.45, 2.75) is 44.2 Å². The molecule has 0 spiro atoms. The van der Waals surface area contributed by atoms with Gasteiger partial charge in [-0.25, -0.2) is 14.0 Å². The summed E-state index contributed by atoms with van der Waals surface area (Å²) in [6.45, 7) is 3.39. The molecule has 34 heavy (non-hydrogen) atoms. The van der Waals surface area contributed by atoms with Gasteiger partial charge < -0.3 is 20.3 Å². The minimum absolute atomic E-state index is 0.120. The van der Waals surface area contributed by atoms with Crippen molar-refractivity contribution in [2.24, 2.45) is 0 Å². The third-order valence-corrected chi connectivity index (χ3v) is 5.99. The topological polar surface area (TPSA) is 151 Å². The number of carboxylic acids is 2. The third kappa shape index (κ3) is 7.68. The Morgan fingerprint density at radius 2 is 1.82 bits per heavy atom. The molecule has 2 fully saturated rings. The lowest BCUT2D eigenvalue weighted by Gasteiger charge is -2.23. The number of carboxylic acid groups (broad SMARTS) is 2. The molecule has 2 heterocycles. The largest absolute Gasteiger partial charge is 0.478 e. The van der Waals surface area contributed by atoms with E-state index in [0.29, 0.717) is 34.5 Å². The first-order valence-electron chi connectivity index (χ1n) is 10.6. The number of nitrogens with one attached hydrogen (secondary N) is 2. The zero-order valence-corrected chi connectivity index (χ0v) is 19.2. The molecule has 4 N–H and O–H groups in total. The monoisotopic (exact) mass is 492 g/mol.